The molecule has 0 atom stereocenters. The molecule has 6 nitrogen and oxygen atoms in total. The zero-order chi connectivity index (χ0) is 19.0. The average molecular weight is 363 g/mol. The number of carboxylic acid groups (broad SMARTS) is 1. The summed E-state index contributed by atoms with van der Waals surface area (Å²) < 4.78 is 5.27. The highest BCUT2D eigenvalue weighted by Crippen LogP contribution is 2.33. The zero-order valence-corrected chi connectivity index (χ0v) is 15.4. The van der Waals surface area contributed by atoms with Crippen LogP contribution in [0.4, 0.5) is 5.82 Å². The summed E-state index contributed by atoms with van der Waals surface area (Å²) in [4.78, 5) is 20.2. The van der Waals surface area contributed by atoms with Crippen molar-refractivity contribution in [2.75, 3.05) is 12.4 Å². The monoisotopic (exact) mass is 363 g/mol. The average Bonchev–Trinajstić information content (AvgIpc) is 3.16. The summed E-state index contributed by atoms with van der Waals surface area (Å²) in [5, 5.41) is 13.6. The van der Waals surface area contributed by atoms with Crippen molar-refractivity contribution in [1.29, 1.82) is 0 Å². The number of pyridine rings is 2. The Labute approximate surface area is 157 Å². The quantitative estimate of drug-likeness (QED) is 0.718. The molecule has 2 N–H and O–H groups in total. The molecule has 2 aromatic heterocycles. The lowest BCUT2D eigenvalue weighted by Gasteiger charge is -2.14. The third kappa shape index (κ3) is 3.18. The summed E-state index contributed by atoms with van der Waals surface area (Å²) in [6.45, 7) is 2.72. The van der Waals surface area contributed by atoms with Crippen molar-refractivity contribution in [2.24, 2.45) is 0 Å². The van der Waals surface area contributed by atoms with E-state index in [1.807, 2.05) is 12.1 Å². The molecule has 27 heavy (non-hydrogen) atoms. The van der Waals surface area contributed by atoms with Gasteiger partial charge in [0.2, 0.25) is 0 Å². The molecular weight excluding hydrogens is 342 g/mol. The van der Waals surface area contributed by atoms with Gasteiger partial charge in [-0.15, -0.1) is 0 Å². The first-order chi connectivity index (χ1) is 13.1. The molecule has 0 amide bonds. The number of methoxy groups -OCH3 is 1. The van der Waals surface area contributed by atoms with Gasteiger partial charge in [-0.05, 0) is 66.6 Å². The van der Waals surface area contributed by atoms with E-state index in [-0.39, 0.29) is 5.56 Å². The Kier molecular flexibility index (Phi) is 4.39. The standard InChI is InChI=1S/C21H21N3O3/c1-12-8-15(27-2)7-6-13(12)10-22-19-17-5-3-4-16(17)18-9-14(21(25)26)11-23-20(18)24-19/h6-9,11H,3-5,10H2,1-2H3,(H,25,26)(H,22,23,24). The van der Waals surface area contributed by atoms with Crippen LogP contribution in [0.2, 0.25) is 0 Å². The van der Waals surface area contributed by atoms with Crippen LogP contribution >= 0.6 is 0 Å². The summed E-state index contributed by atoms with van der Waals surface area (Å²) in [5.41, 5.74) is 5.48. The van der Waals surface area contributed by atoms with Crippen molar-refractivity contribution in [2.45, 2.75) is 32.7 Å². The lowest BCUT2D eigenvalue weighted by molar-refractivity contribution is 0.0696. The normalized spacial score (nSPS) is 12.8. The molecule has 0 spiro atoms. The molecule has 1 aliphatic carbocycles. The van der Waals surface area contributed by atoms with Gasteiger partial charge in [0.1, 0.15) is 11.6 Å². The van der Waals surface area contributed by atoms with Crippen LogP contribution in [-0.2, 0) is 19.4 Å². The van der Waals surface area contributed by atoms with Crippen LogP contribution < -0.4 is 10.1 Å². The molecule has 138 valence electrons. The van der Waals surface area contributed by atoms with Gasteiger partial charge < -0.3 is 15.2 Å². The smallest absolute Gasteiger partial charge is 0.337 e. The first-order valence-electron chi connectivity index (χ1n) is 8.99. The highest BCUT2D eigenvalue weighted by Gasteiger charge is 2.21. The van der Waals surface area contributed by atoms with Crippen LogP contribution in [0.1, 0.15) is 39.0 Å². The number of nitrogens with zero attached hydrogens (tertiary/aromatic N) is 2. The summed E-state index contributed by atoms with van der Waals surface area (Å²) in [5.74, 6) is 0.730. The van der Waals surface area contributed by atoms with Gasteiger partial charge in [0, 0.05) is 18.1 Å². The molecular formula is C21H21N3O3. The first-order valence-corrected chi connectivity index (χ1v) is 8.99. The minimum Gasteiger partial charge on any atom is -0.497 e. The first kappa shape index (κ1) is 17.3. The van der Waals surface area contributed by atoms with E-state index in [9.17, 15) is 9.90 Å². The topological polar surface area (TPSA) is 84.3 Å². The molecule has 0 bridgehead atoms. The van der Waals surface area contributed by atoms with Crippen molar-refractivity contribution in [3.63, 3.8) is 0 Å². The Morgan fingerprint density at radius 2 is 2.07 bits per heavy atom. The maximum absolute atomic E-state index is 11.3. The highest BCUT2D eigenvalue weighted by atomic mass is 16.5. The van der Waals surface area contributed by atoms with Gasteiger partial charge in [-0.1, -0.05) is 6.07 Å². The van der Waals surface area contributed by atoms with Gasteiger partial charge in [-0.3, -0.25) is 0 Å². The van der Waals surface area contributed by atoms with Crippen molar-refractivity contribution in [3.8, 4) is 5.75 Å². The number of rotatable bonds is 5. The molecule has 0 saturated heterocycles. The molecule has 0 saturated carbocycles. The predicted molar refractivity (Wildman–Crippen MR) is 104 cm³/mol. The maximum atomic E-state index is 11.3. The van der Waals surface area contributed by atoms with Gasteiger partial charge in [-0.2, -0.15) is 0 Å². The van der Waals surface area contributed by atoms with Gasteiger partial charge in [0.05, 0.1) is 12.7 Å². The van der Waals surface area contributed by atoms with Crippen molar-refractivity contribution in [1.82, 2.24) is 9.97 Å². The van der Waals surface area contributed by atoms with E-state index in [0.717, 1.165) is 41.8 Å². The fraction of sp³-hybridized carbons (Fsp3) is 0.286. The van der Waals surface area contributed by atoms with E-state index < -0.39 is 5.97 Å². The van der Waals surface area contributed by atoms with Crippen LogP contribution in [-0.4, -0.2) is 28.2 Å². The number of carboxylic acids is 1. The Morgan fingerprint density at radius 1 is 1.26 bits per heavy atom. The number of hydrogen-bond acceptors (Lipinski definition) is 5. The third-order valence-electron chi connectivity index (χ3n) is 5.16. The number of fused-ring (bicyclic) bond motifs is 3. The van der Waals surface area contributed by atoms with Crippen molar-refractivity contribution < 1.29 is 14.6 Å². The van der Waals surface area contributed by atoms with Crippen LogP contribution in [0.3, 0.4) is 0 Å². The molecule has 4 rings (SSSR count). The van der Waals surface area contributed by atoms with E-state index in [2.05, 4.69) is 28.3 Å². The number of ether oxygens (including phenoxy) is 1. The maximum Gasteiger partial charge on any atom is 0.337 e. The Balaban J connectivity index is 1.68. The lowest BCUT2D eigenvalue weighted by atomic mass is 10.1. The van der Waals surface area contributed by atoms with E-state index >= 15 is 0 Å². The van der Waals surface area contributed by atoms with Crippen LogP contribution in [0.5, 0.6) is 5.75 Å². The fourth-order valence-electron chi connectivity index (χ4n) is 3.68. The molecule has 0 unspecified atom stereocenters. The number of aryl methyl sites for hydroxylation is 2. The number of hydrogen-bond donors (Lipinski definition) is 2. The van der Waals surface area contributed by atoms with Crippen molar-refractivity contribution >= 4 is 22.8 Å². The Bertz CT molecular complexity index is 1050. The molecule has 1 aromatic carbocycles. The predicted octanol–water partition coefficient (Wildman–Crippen LogP) is 3.75. The number of anilines is 1. The minimum absolute atomic E-state index is 0.202. The second-order valence-electron chi connectivity index (χ2n) is 6.82. The third-order valence-corrected chi connectivity index (χ3v) is 5.16. The van der Waals surface area contributed by atoms with E-state index in [0.29, 0.717) is 12.2 Å². The number of nitrogens with one attached hydrogen (secondary N) is 1. The second-order valence-corrected chi connectivity index (χ2v) is 6.82. The van der Waals surface area contributed by atoms with E-state index in [4.69, 9.17) is 4.74 Å². The Morgan fingerprint density at radius 3 is 2.81 bits per heavy atom. The van der Waals surface area contributed by atoms with Gasteiger partial charge in [0.25, 0.3) is 0 Å². The number of aromatic nitrogens is 2. The van der Waals surface area contributed by atoms with Gasteiger partial charge in [-0.25, -0.2) is 14.8 Å². The number of benzene rings is 1. The summed E-state index contributed by atoms with van der Waals surface area (Å²) in [6, 6.07) is 7.72. The van der Waals surface area contributed by atoms with E-state index in [1.165, 1.54) is 22.9 Å². The summed E-state index contributed by atoms with van der Waals surface area (Å²) in [7, 11) is 1.66. The summed E-state index contributed by atoms with van der Waals surface area (Å²) in [6.07, 6.45) is 4.29. The number of aromatic carboxylic acids is 1. The fourth-order valence-corrected chi connectivity index (χ4v) is 3.68. The van der Waals surface area contributed by atoms with Crippen LogP contribution in [0, 0.1) is 6.92 Å². The van der Waals surface area contributed by atoms with Crippen LogP contribution in [0.25, 0.3) is 11.0 Å². The molecule has 0 fully saturated rings. The Hall–Kier alpha value is -3.15. The van der Waals surface area contributed by atoms with E-state index in [1.54, 1.807) is 13.2 Å². The summed E-state index contributed by atoms with van der Waals surface area (Å²) >= 11 is 0. The van der Waals surface area contributed by atoms with Gasteiger partial charge >= 0.3 is 5.97 Å². The van der Waals surface area contributed by atoms with Gasteiger partial charge in [0.15, 0.2) is 5.65 Å². The van der Waals surface area contributed by atoms with Crippen molar-refractivity contribution in [3.05, 3.63) is 58.3 Å². The highest BCUT2D eigenvalue weighted by molar-refractivity contribution is 5.93. The second kappa shape index (κ2) is 6.87. The minimum atomic E-state index is -0.965. The lowest BCUT2D eigenvalue weighted by Crippen LogP contribution is -2.08. The molecule has 0 radical (unpaired) electrons. The zero-order valence-electron chi connectivity index (χ0n) is 15.4. The largest absolute Gasteiger partial charge is 0.497 e. The van der Waals surface area contributed by atoms with Crippen LogP contribution in [0.15, 0.2) is 30.5 Å². The molecule has 3 aromatic rings. The molecule has 6 heteroatoms. The SMILES string of the molecule is COc1ccc(CNc2nc3ncc(C(=O)O)cc3c3c2CCC3)c(C)c1. The number of carbonyl (C=O) groups is 1. The molecule has 2 heterocycles. The molecule has 1 aliphatic rings. The molecule has 0 aliphatic heterocycles.